The highest BCUT2D eigenvalue weighted by atomic mass is 35.5. The van der Waals surface area contributed by atoms with Crippen LogP contribution in [-0.2, 0) is 0 Å². The van der Waals surface area contributed by atoms with E-state index in [1.54, 1.807) is 0 Å². The van der Waals surface area contributed by atoms with Gasteiger partial charge in [0.2, 0.25) is 0 Å². The van der Waals surface area contributed by atoms with Crippen molar-refractivity contribution in [3.63, 3.8) is 0 Å². The zero-order chi connectivity index (χ0) is 13.8. The summed E-state index contributed by atoms with van der Waals surface area (Å²) in [6, 6.07) is 18.3. The van der Waals surface area contributed by atoms with E-state index in [-0.39, 0.29) is 12.4 Å². The van der Waals surface area contributed by atoms with E-state index in [1.807, 2.05) is 24.3 Å². The van der Waals surface area contributed by atoms with E-state index in [0.29, 0.717) is 5.92 Å². The summed E-state index contributed by atoms with van der Waals surface area (Å²) in [6.45, 7) is 1.92. The van der Waals surface area contributed by atoms with Gasteiger partial charge < -0.3 is 10.6 Å². The summed E-state index contributed by atoms with van der Waals surface area (Å²) in [4.78, 5) is 5.94. The lowest BCUT2D eigenvalue weighted by molar-refractivity contribution is -0.0779. The number of halogens is 1. The summed E-state index contributed by atoms with van der Waals surface area (Å²) < 4.78 is 0. The number of rotatable bonds is 3. The molecule has 1 saturated heterocycles. The van der Waals surface area contributed by atoms with Crippen molar-refractivity contribution in [3.8, 4) is 5.75 Å². The molecule has 0 amide bonds. The van der Waals surface area contributed by atoms with Gasteiger partial charge >= 0.3 is 0 Å². The number of hydrogen-bond donors (Lipinski definition) is 1. The molecule has 0 aromatic heterocycles. The van der Waals surface area contributed by atoms with Crippen LogP contribution in [0.2, 0.25) is 0 Å². The maximum Gasteiger partial charge on any atom is 0.147 e. The lowest BCUT2D eigenvalue weighted by atomic mass is 9.92. The first kappa shape index (κ1) is 15.7. The van der Waals surface area contributed by atoms with E-state index in [4.69, 9.17) is 10.6 Å². The van der Waals surface area contributed by atoms with Gasteiger partial charge in [0.1, 0.15) is 5.75 Å². The number of hydrogen-bond acceptors (Lipinski definition) is 3. The van der Waals surface area contributed by atoms with Crippen LogP contribution >= 0.6 is 12.4 Å². The van der Waals surface area contributed by atoms with Crippen molar-refractivity contribution in [2.75, 3.05) is 18.8 Å². The zero-order valence-electron chi connectivity index (χ0n) is 11.9. The first-order valence-electron chi connectivity index (χ1n) is 7.15. The van der Waals surface area contributed by atoms with Gasteiger partial charge in [-0.3, -0.25) is 0 Å². The largest absolute Gasteiger partial charge is 0.406 e. The monoisotopic (exact) mass is 304 g/mol. The molecule has 0 spiro atoms. The van der Waals surface area contributed by atoms with E-state index in [9.17, 15) is 0 Å². The Kier molecular flexibility index (Phi) is 5.48. The summed E-state index contributed by atoms with van der Waals surface area (Å²) in [5.41, 5.74) is 7.85. The maximum absolute atomic E-state index is 5.94. The smallest absolute Gasteiger partial charge is 0.147 e. The van der Waals surface area contributed by atoms with Crippen LogP contribution in [0.15, 0.2) is 54.6 Å². The highest BCUT2D eigenvalue weighted by Crippen LogP contribution is 2.27. The van der Waals surface area contributed by atoms with Crippen LogP contribution in [0.1, 0.15) is 24.3 Å². The summed E-state index contributed by atoms with van der Waals surface area (Å²) in [6.07, 6.45) is 2.39. The van der Waals surface area contributed by atoms with Crippen molar-refractivity contribution < 1.29 is 4.84 Å². The lowest BCUT2D eigenvalue weighted by Crippen LogP contribution is -2.36. The quantitative estimate of drug-likeness (QED) is 0.875. The molecule has 21 heavy (non-hydrogen) atoms. The Hall–Kier alpha value is -1.71. The summed E-state index contributed by atoms with van der Waals surface area (Å²) >= 11 is 0. The zero-order valence-corrected chi connectivity index (χ0v) is 12.8. The molecule has 1 aliphatic heterocycles. The lowest BCUT2D eigenvalue weighted by Gasteiger charge is -2.32. The Morgan fingerprint density at radius 1 is 1.00 bits per heavy atom. The van der Waals surface area contributed by atoms with Gasteiger partial charge in [-0.15, -0.1) is 17.5 Å². The number of anilines is 1. The number of hydroxylamine groups is 2. The van der Waals surface area contributed by atoms with Gasteiger partial charge in [0.05, 0.1) is 0 Å². The van der Waals surface area contributed by atoms with Crippen molar-refractivity contribution >= 4 is 18.1 Å². The molecule has 0 saturated carbocycles. The molecule has 3 nitrogen and oxygen atoms in total. The Morgan fingerprint density at radius 3 is 2.43 bits per heavy atom. The second kappa shape index (κ2) is 7.34. The van der Waals surface area contributed by atoms with E-state index in [2.05, 4.69) is 35.4 Å². The minimum atomic E-state index is 0. The third kappa shape index (κ3) is 4.13. The molecule has 112 valence electrons. The molecular weight excluding hydrogens is 284 g/mol. The normalized spacial score (nSPS) is 18.8. The van der Waals surface area contributed by atoms with Gasteiger partial charge in [0, 0.05) is 18.8 Å². The molecule has 1 fully saturated rings. The van der Waals surface area contributed by atoms with Crippen LogP contribution in [0, 0.1) is 0 Å². The molecule has 0 bridgehead atoms. The van der Waals surface area contributed by atoms with Gasteiger partial charge in [0.25, 0.3) is 0 Å². The van der Waals surface area contributed by atoms with Gasteiger partial charge in [-0.05, 0) is 48.6 Å². The van der Waals surface area contributed by atoms with Crippen LogP contribution in [0.3, 0.4) is 0 Å². The van der Waals surface area contributed by atoms with Crippen molar-refractivity contribution in [1.29, 1.82) is 0 Å². The predicted molar refractivity (Wildman–Crippen MR) is 88.7 cm³/mol. The van der Waals surface area contributed by atoms with Gasteiger partial charge in [0.15, 0.2) is 0 Å². The van der Waals surface area contributed by atoms with E-state index >= 15 is 0 Å². The maximum atomic E-state index is 5.94. The highest BCUT2D eigenvalue weighted by Gasteiger charge is 2.22. The summed E-state index contributed by atoms with van der Waals surface area (Å²) in [5, 5.41) is 2.06. The molecule has 1 unspecified atom stereocenters. The summed E-state index contributed by atoms with van der Waals surface area (Å²) in [7, 11) is 0. The van der Waals surface area contributed by atoms with Gasteiger partial charge in [-0.1, -0.05) is 30.3 Å². The van der Waals surface area contributed by atoms with Gasteiger partial charge in [-0.25, -0.2) is 0 Å². The molecule has 2 aromatic carbocycles. The first-order chi connectivity index (χ1) is 9.81. The average molecular weight is 305 g/mol. The van der Waals surface area contributed by atoms with Crippen molar-refractivity contribution in [3.05, 3.63) is 60.2 Å². The fourth-order valence-electron chi connectivity index (χ4n) is 2.70. The Labute approximate surface area is 132 Å². The van der Waals surface area contributed by atoms with E-state index in [0.717, 1.165) is 30.9 Å². The second-order valence-electron chi connectivity index (χ2n) is 5.30. The molecule has 1 aliphatic rings. The SMILES string of the molecule is Cl.Nc1ccc(ON2CCCC(c3ccccc3)C2)cc1. The topological polar surface area (TPSA) is 38.5 Å². The van der Waals surface area contributed by atoms with Crippen molar-refractivity contribution in [1.82, 2.24) is 5.06 Å². The van der Waals surface area contributed by atoms with Crippen LogP contribution in [0.25, 0.3) is 0 Å². The van der Waals surface area contributed by atoms with E-state index < -0.39 is 0 Å². The third-order valence-electron chi connectivity index (χ3n) is 3.77. The molecule has 2 N–H and O–H groups in total. The minimum Gasteiger partial charge on any atom is -0.406 e. The van der Waals surface area contributed by atoms with Crippen molar-refractivity contribution in [2.24, 2.45) is 0 Å². The number of nitrogen functional groups attached to an aromatic ring is 1. The minimum absolute atomic E-state index is 0. The standard InChI is InChI=1S/C17H20N2O.ClH/c18-16-8-10-17(11-9-16)20-19-12-4-7-15(13-19)14-5-2-1-3-6-14;/h1-3,5-6,8-11,15H,4,7,12-13,18H2;1H. The third-order valence-corrected chi connectivity index (χ3v) is 3.77. The Bertz CT molecular complexity index is 544. The molecule has 2 aromatic rings. The number of piperidine rings is 1. The molecule has 3 rings (SSSR count). The predicted octanol–water partition coefficient (Wildman–Crippen LogP) is 3.86. The molecule has 0 radical (unpaired) electrons. The molecule has 1 heterocycles. The first-order valence-corrected chi connectivity index (χ1v) is 7.15. The van der Waals surface area contributed by atoms with Crippen LogP contribution in [0.4, 0.5) is 5.69 Å². The van der Waals surface area contributed by atoms with Gasteiger partial charge in [-0.2, -0.15) is 0 Å². The highest BCUT2D eigenvalue weighted by molar-refractivity contribution is 5.85. The fourth-order valence-corrected chi connectivity index (χ4v) is 2.70. The number of nitrogens with zero attached hydrogens (tertiary/aromatic N) is 1. The second-order valence-corrected chi connectivity index (χ2v) is 5.30. The Balaban J connectivity index is 0.00000161. The number of nitrogens with two attached hydrogens (primary N) is 1. The number of benzene rings is 2. The molecular formula is C17H21ClN2O. The van der Waals surface area contributed by atoms with E-state index in [1.165, 1.54) is 12.0 Å². The summed E-state index contributed by atoms with van der Waals surface area (Å²) in [5.74, 6) is 1.41. The molecule has 1 atom stereocenters. The van der Waals surface area contributed by atoms with Crippen LogP contribution in [0.5, 0.6) is 5.75 Å². The van der Waals surface area contributed by atoms with Crippen LogP contribution in [-0.4, -0.2) is 18.2 Å². The average Bonchev–Trinajstić information content (AvgIpc) is 2.51. The molecule has 0 aliphatic carbocycles. The fraction of sp³-hybridized carbons (Fsp3) is 0.294. The Morgan fingerprint density at radius 2 is 1.71 bits per heavy atom. The molecule has 4 heteroatoms. The van der Waals surface area contributed by atoms with Crippen LogP contribution < -0.4 is 10.6 Å². The van der Waals surface area contributed by atoms with Crippen molar-refractivity contribution in [2.45, 2.75) is 18.8 Å².